The summed E-state index contributed by atoms with van der Waals surface area (Å²) in [7, 11) is -3.46. The van der Waals surface area contributed by atoms with E-state index in [0.717, 1.165) is 10.7 Å². The van der Waals surface area contributed by atoms with Gasteiger partial charge in [-0.05, 0) is 19.9 Å². The van der Waals surface area contributed by atoms with Crippen molar-refractivity contribution in [3.8, 4) is 5.75 Å². The van der Waals surface area contributed by atoms with E-state index in [0.29, 0.717) is 17.3 Å². The van der Waals surface area contributed by atoms with Crippen LogP contribution in [0.2, 0.25) is 0 Å². The fraction of sp³-hybridized carbons (Fsp3) is 0.286. The number of aromatic nitrogens is 3. The number of thiazole rings is 1. The third-order valence-electron chi connectivity index (χ3n) is 3.45. The fourth-order valence-corrected chi connectivity index (χ4v) is 3.92. The largest absolute Gasteiger partial charge is 0.506 e. The van der Waals surface area contributed by atoms with Crippen molar-refractivity contribution in [2.75, 3.05) is 0 Å². The molecule has 0 spiro atoms. The Hall–Kier alpha value is -1.93. The minimum absolute atomic E-state index is 0.106. The Balaban J connectivity index is 2.15. The minimum atomic E-state index is -3.46. The summed E-state index contributed by atoms with van der Waals surface area (Å²) in [4.78, 5) is 4.32. The summed E-state index contributed by atoms with van der Waals surface area (Å²) in [6, 6.07) is 2.82. The highest BCUT2D eigenvalue weighted by atomic mass is 32.2. The van der Waals surface area contributed by atoms with E-state index in [1.165, 1.54) is 17.4 Å². The number of phenols is 1. The number of sulfone groups is 1. The monoisotopic (exact) mass is 337 g/mol. The number of rotatable bonds is 4. The van der Waals surface area contributed by atoms with Crippen LogP contribution in [0, 0.1) is 0 Å². The van der Waals surface area contributed by atoms with Crippen LogP contribution in [0.3, 0.4) is 0 Å². The van der Waals surface area contributed by atoms with E-state index in [4.69, 9.17) is 0 Å². The minimum Gasteiger partial charge on any atom is -0.506 e. The second-order valence-corrected chi connectivity index (χ2v) is 8.72. The average Bonchev–Trinajstić information content (AvgIpc) is 3.09. The third kappa shape index (κ3) is 2.48. The summed E-state index contributed by atoms with van der Waals surface area (Å²) < 4.78 is 24.7. The van der Waals surface area contributed by atoms with Gasteiger partial charge in [0, 0.05) is 29.5 Å². The first kappa shape index (κ1) is 15.0. The molecule has 2 N–H and O–H groups in total. The molecular formula is C14H15N3O3S2. The van der Waals surface area contributed by atoms with Crippen molar-refractivity contribution >= 4 is 32.1 Å². The second kappa shape index (κ2) is 5.36. The maximum Gasteiger partial charge on any atom is 0.180 e. The molecule has 0 radical (unpaired) electrons. The topological polar surface area (TPSA) is 95.9 Å². The van der Waals surface area contributed by atoms with E-state index < -0.39 is 15.1 Å². The first-order valence-electron chi connectivity index (χ1n) is 6.72. The highest BCUT2D eigenvalue weighted by Gasteiger charge is 2.22. The number of phenolic OH excluding ortho intramolecular Hbond substituents is 1. The van der Waals surface area contributed by atoms with E-state index in [1.54, 1.807) is 26.1 Å². The molecular weight excluding hydrogens is 322 g/mol. The van der Waals surface area contributed by atoms with Gasteiger partial charge in [-0.3, -0.25) is 5.10 Å². The zero-order chi connectivity index (χ0) is 15.9. The molecule has 0 saturated carbocycles. The number of nitrogens with one attached hydrogen (secondary N) is 1. The van der Waals surface area contributed by atoms with Gasteiger partial charge in [-0.2, -0.15) is 5.10 Å². The maximum atomic E-state index is 12.3. The van der Waals surface area contributed by atoms with Gasteiger partial charge in [0.2, 0.25) is 0 Å². The fourth-order valence-electron chi connectivity index (χ4n) is 2.19. The first-order chi connectivity index (χ1) is 10.4. The second-order valence-electron chi connectivity index (χ2n) is 5.24. The number of benzene rings is 1. The molecule has 22 heavy (non-hydrogen) atoms. The molecule has 6 nitrogen and oxygen atoms in total. The van der Waals surface area contributed by atoms with Crippen molar-refractivity contribution in [3.05, 3.63) is 34.4 Å². The van der Waals surface area contributed by atoms with Crippen LogP contribution < -0.4 is 0 Å². The van der Waals surface area contributed by atoms with Crippen molar-refractivity contribution in [3.63, 3.8) is 0 Å². The van der Waals surface area contributed by atoms with Crippen LogP contribution in [0.25, 0.3) is 10.9 Å². The SMILES string of the molecule is CC(C)S(=O)(=O)c1cc(O)c2n[nH]c(Cc3nccs3)c2c1. The highest BCUT2D eigenvalue weighted by Crippen LogP contribution is 2.31. The Morgan fingerprint density at radius 1 is 1.36 bits per heavy atom. The van der Waals surface area contributed by atoms with E-state index in [-0.39, 0.29) is 10.6 Å². The molecule has 0 bridgehead atoms. The molecule has 0 aliphatic carbocycles. The van der Waals surface area contributed by atoms with E-state index >= 15 is 0 Å². The van der Waals surface area contributed by atoms with Crippen molar-refractivity contribution in [2.45, 2.75) is 30.4 Å². The van der Waals surface area contributed by atoms with Gasteiger partial charge in [-0.25, -0.2) is 13.4 Å². The van der Waals surface area contributed by atoms with Crippen LogP contribution in [-0.4, -0.2) is 34.0 Å². The number of H-pyrrole nitrogens is 1. The number of hydrogen-bond acceptors (Lipinski definition) is 6. The van der Waals surface area contributed by atoms with E-state index in [2.05, 4.69) is 15.2 Å². The first-order valence-corrected chi connectivity index (χ1v) is 9.14. The lowest BCUT2D eigenvalue weighted by atomic mass is 10.1. The summed E-state index contributed by atoms with van der Waals surface area (Å²) in [5, 5.41) is 19.8. The van der Waals surface area contributed by atoms with Crippen LogP contribution >= 0.6 is 11.3 Å². The highest BCUT2D eigenvalue weighted by molar-refractivity contribution is 7.92. The van der Waals surface area contributed by atoms with Crippen LogP contribution in [0.1, 0.15) is 24.5 Å². The summed E-state index contributed by atoms with van der Waals surface area (Å²) >= 11 is 1.51. The van der Waals surface area contributed by atoms with Crippen LogP contribution in [-0.2, 0) is 16.3 Å². The molecule has 0 atom stereocenters. The molecule has 0 aliphatic rings. The van der Waals surface area contributed by atoms with Gasteiger partial charge in [-0.1, -0.05) is 0 Å². The zero-order valence-electron chi connectivity index (χ0n) is 12.1. The Kier molecular flexibility index (Phi) is 3.65. The standard InChI is InChI=1S/C14H15N3O3S2/c1-8(2)22(19,20)9-5-10-11(7-13-15-3-4-21-13)16-17-14(10)12(18)6-9/h3-6,8,18H,7H2,1-2H3,(H,16,17). The van der Waals surface area contributed by atoms with Crippen molar-refractivity contribution in [1.29, 1.82) is 0 Å². The Morgan fingerprint density at radius 2 is 2.14 bits per heavy atom. The summed E-state index contributed by atoms with van der Waals surface area (Å²) in [5.41, 5.74) is 1.11. The molecule has 0 unspecified atom stereocenters. The van der Waals surface area contributed by atoms with E-state index in [9.17, 15) is 13.5 Å². The normalized spacial score (nSPS) is 12.3. The van der Waals surface area contributed by atoms with Crippen molar-refractivity contribution < 1.29 is 13.5 Å². The number of aromatic hydroxyl groups is 1. The molecule has 2 aromatic heterocycles. The Labute approximate surface area is 131 Å². The quantitative estimate of drug-likeness (QED) is 0.762. The number of fused-ring (bicyclic) bond motifs is 1. The predicted molar refractivity (Wildman–Crippen MR) is 85.0 cm³/mol. The van der Waals surface area contributed by atoms with Gasteiger partial charge >= 0.3 is 0 Å². The van der Waals surface area contributed by atoms with E-state index in [1.807, 2.05) is 5.38 Å². The smallest absolute Gasteiger partial charge is 0.180 e. The average molecular weight is 337 g/mol. The molecule has 1 aromatic carbocycles. The number of aromatic amines is 1. The van der Waals surface area contributed by atoms with Crippen molar-refractivity contribution in [2.24, 2.45) is 0 Å². The van der Waals surface area contributed by atoms with Gasteiger partial charge < -0.3 is 5.11 Å². The molecule has 3 rings (SSSR count). The summed E-state index contributed by atoms with van der Waals surface area (Å²) in [6.45, 7) is 3.23. The van der Waals surface area contributed by atoms with Gasteiger partial charge in [0.15, 0.2) is 9.84 Å². The summed E-state index contributed by atoms with van der Waals surface area (Å²) in [6.07, 6.45) is 2.23. The van der Waals surface area contributed by atoms with Crippen LogP contribution in [0.5, 0.6) is 5.75 Å². The lowest BCUT2D eigenvalue weighted by Crippen LogP contribution is -2.13. The van der Waals surface area contributed by atoms with Crippen LogP contribution in [0.15, 0.2) is 28.6 Å². The maximum absolute atomic E-state index is 12.3. The lowest BCUT2D eigenvalue weighted by Gasteiger charge is -2.08. The zero-order valence-corrected chi connectivity index (χ0v) is 13.7. The lowest BCUT2D eigenvalue weighted by molar-refractivity contribution is 0.478. The molecule has 0 fully saturated rings. The molecule has 116 valence electrons. The molecule has 0 amide bonds. The van der Waals surface area contributed by atoms with Crippen LogP contribution in [0.4, 0.5) is 0 Å². The molecule has 0 aliphatic heterocycles. The van der Waals surface area contributed by atoms with Gasteiger partial charge in [0.05, 0.1) is 20.8 Å². The Morgan fingerprint density at radius 3 is 2.77 bits per heavy atom. The van der Waals surface area contributed by atoms with Crippen molar-refractivity contribution in [1.82, 2.24) is 15.2 Å². The third-order valence-corrected chi connectivity index (χ3v) is 6.37. The Bertz CT molecular complexity index is 912. The van der Waals surface area contributed by atoms with Gasteiger partial charge in [-0.15, -0.1) is 11.3 Å². The number of hydrogen-bond donors (Lipinski definition) is 2. The summed E-state index contributed by atoms with van der Waals surface area (Å²) in [5.74, 6) is -0.140. The van der Waals surface area contributed by atoms with Gasteiger partial charge in [0.25, 0.3) is 0 Å². The molecule has 2 heterocycles. The van der Waals surface area contributed by atoms with Gasteiger partial charge in [0.1, 0.15) is 11.3 Å². The number of nitrogens with zero attached hydrogens (tertiary/aromatic N) is 2. The molecule has 3 aromatic rings. The predicted octanol–water partition coefficient (Wildman–Crippen LogP) is 2.50. The molecule has 0 saturated heterocycles. The molecule has 8 heteroatoms.